The Hall–Kier alpha value is -0.940. The van der Waals surface area contributed by atoms with Crippen molar-refractivity contribution < 1.29 is 5.11 Å². The molecule has 4 heteroatoms. The van der Waals surface area contributed by atoms with Gasteiger partial charge in [-0.1, -0.05) is 36.8 Å². The average molecular weight is 291 g/mol. The van der Waals surface area contributed by atoms with E-state index >= 15 is 0 Å². The molecule has 1 aromatic carbocycles. The second kappa shape index (κ2) is 7.90. The van der Waals surface area contributed by atoms with Crippen molar-refractivity contribution in [1.29, 1.82) is 0 Å². The first-order valence-electron chi connectivity index (χ1n) is 8.05. The summed E-state index contributed by atoms with van der Waals surface area (Å²) in [6, 6.07) is 9.24. The van der Waals surface area contributed by atoms with Crippen LogP contribution in [0, 0.1) is 6.92 Å². The predicted octanol–water partition coefficient (Wildman–Crippen LogP) is 1.38. The van der Waals surface area contributed by atoms with Gasteiger partial charge in [-0.3, -0.25) is 9.80 Å². The van der Waals surface area contributed by atoms with Crippen LogP contribution in [0.1, 0.15) is 30.5 Å². The van der Waals surface area contributed by atoms with Gasteiger partial charge in [0, 0.05) is 44.8 Å². The summed E-state index contributed by atoms with van der Waals surface area (Å²) in [4.78, 5) is 4.83. The molecule has 118 valence electrons. The van der Waals surface area contributed by atoms with Gasteiger partial charge in [0.15, 0.2) is 0 Å². The van der Waals surface area contributed by atoms with Gasteiger partial charge in [-0.15, -0.1) is 0 Å². The minimum absolute atomic E-state index is 0.164. The summed E-state index contributed by atoms with van der Waals surface area (Å²) in [5.74, 6) is 0. The van der Waals surface area contributed by atoms with E-state index in [9.17, 15) is 0 Å². The van der Waals surface area contributed by atoms with Gasteiger partial charge in [-0.25, -0.2) is 0 Å². The Morgan fingerprint density at radius 2 is 1.76 bits per heavy atom. The van der Waals surface area contributed by atoms with Crippen molar-refractivity contribution >= 4 is 0 Å². The van der Waals surface area contributed by atoms with Crippen LogP contribution in [0.15, 0.2) is 24.3 Å². The number of aryl methyl sites for hydroxylation is 1. The zero-order chi connectivity index (χ0) is 15.2. The van der Waals surface area contributed by atoms with Crippen LogP contribution in [-0.4, -0.2) is 60.3 Å². The molecular formula is C17H29N3O. The van der Waals surface area contributed by atoms with Crippen LogP contribution in [0.3, 0.4) is 0 Å². The Bertz CT molecular complexity index is 413. The molecule has 1 heterocycles. The highest BCUT2D eigenvalue weighted by atomic mass is 16.3. The van der Waals surface area contributed by atoms with Crippen molar-refractivity contribution in [2.24, 2.45) is 5.73 Å². The number of benzene rings is 1. The Labute approximate surface area is 128 Å². The van der Waals surface area contributed by atoms with Gasteiger partial charge in [-0.2, -0.15) is 0 Å². The number of β-amino-alcohol motifs (C(OH)–C–C–N with tert-alkyl or cyclic N) is 1. The first-order chi connectivity index (χ1) is 10.2. The van der Waals surface area contributed by atoms with E-state index in [1.807, 2.05) is 0 Å². The number of piperazine rings is 1. The maximum absolute atomic E-state index is 9.05. The van der Waals surface area contributed by atoms with Gasteiger partial charge in [0.25, 0.3) is 0 Å². The van der Waals surface area contributed by atoms with Gasteiger partial charge in [0.1, 0.15) is 0 Å². The summed E-state index contributed by atoms with van der Waals surface area (Å²) in [5, 5.41) is 9.05. The van der Waals surface area contributed by atoms with Crippen LogP contribution in [0.25, 0.3) is 0 Å². The van der Waals surface area contributed by atoms with Crippen molar-refractivity contribution in [1.82, 2.24) is 9.80 Å². The Morgan fingerprint density at radius 1 is 1.14 bits per heavy atom. The number of rotatable bonds is 6. The minimum atomic E-state index is 0.164. The van der Waals surface area contributed by atoms with E-state index in [0.29, 0.717) is 6.04 Å². The van der Waals surface area contributed by atoms with Gasteiger partial charge < -0.3 is 10.8 Å². The largest absolute Gasteiger partial charge is 0.395 e. The molecule has 2 unspecified atom stereocenters. The van der Waals surface area contributed by atoms with Gasteiger partial charge >= 0.3 is 0 Å². The topological polar surface area (TPSA) is 52.7 Å². The molecule has 2 rings (SSSR count). The van der Waals surface area contributed by atoms with Crippen LogP contribution < -0.4 is 5.73 Å². The number of nitrogens with two attached hydrogens (primary N) is 1. The fourth-order valence-electron chi connectivity index (χ4n) is 3.12. The zero-order valence-corrected chi connectivity index (χ0v) is 13.3. The summed E-state index contributed by atoms with van der Waals surface area (Å²) >= 11 is 0. The summed E-state index contributed by atoms with van der Waals surface area (Å²) in [5.41, 5.74) is 9.03. The molecule has 2 atom stereocenters. The fourth-order valence-corrected chi connectivity index (χ4v) is 3.12. The second-order valence-electron chi connectivity index (χ2n) is 6.03. The molecule has 1 aromatic rings. The molecule has 1 aliphatic rings. The van der Waals surface area contributed by atoms with E-state index in [1.165, 1.54) is 11.1 Å². The third-order valence-electron chi connectivity index (χ3n) is 4.51. The number of nitrogens with zero attached hydrogens (tertiary/aromatic N) is 2. The first-order valence-corrected chi connectivity index (χ1v) is 8.05. The van der Waals surface area contributed by atoms with Crippen molar-refractivity contribution in [2.75, 3.05) is 39.3 Å². The third kappa shape index (κ3) is 4.27. The lowest BCUT2D eigenvalue weighted by Gasteiger charge is -2.41. The Balaban J connectivity index is 2.09. The third-order valence-corrected chi connectivity index (χ3v) is 4.51. The van der Waals surface area contributed by atoms with Crippen LogP contribution in [-0.2, 0) is 0 Å². The maximum atomic E-state index is 9.05. The molecule has 1 fully saturated rings. The summed E-state index contributed by atoms with van der Waals surface area (Å²) in [6.07, 6.45) is 0.982. The lowest BCUT2D eigenvalue weighted by molar-refractivity contribution is 0.0734. The minimum Gasteiger partial charge on any atom is -0.395 e. The quantitative estimate of drug-likeness (QED) is 0.831. The molecule has 3 N–H and O–H groups in total. The van der Waals surface area contributed by atoms with Crippen LogP contribution in [0.2, 0.25) is 0 Å². The van der Waals surface area contributed by atoms with Crippen LogP contribution >= 0.6 is 0 Å². The van der Waals surface area contributed by atoms with Gasteiger partial charge in [0.2, 0.25) is 0 Å². The molecule has 1 aliphatic heterocycles. The fraction of sp³-hybridized carbons (Fsp3) is 0.647. The number of hydrogen-bond acceptors (Lipinski definition) is 4. The zero-order valence-electron chi connectivity index (χ0n) is 13.3. The summed E-state index contributed by atoms with van der Waals surface area (Å²) in [6.45, 7) is 9.37. The molecule has 0 radical (unpaired) electrons. The second-order valence-corrected chi connectivity index (χ2v) is 6.03. The van der Waals surface area contributed by atoms with E-state index in [-0.39, 0.29) is 12.6 Å². The lowest BCUT2D eigenvalue weighted by atomic mass is 9.95. The molecule has 4 nitrogen and oxygen atoms in total. The van der Waals surface area contributed by atoms with Crippen molar-refractivity contribution in [2.45, 2.75) is 32.4 Å². The molecule has 0 bridgehead atoms. The maximum Gasteiger partial charge on any atom is 0.0558 e. The van der Waals surface area contributed by atoms with Crippen LogP contribution in [0.5, 0.6) is 0 Å². The smallest absolute Gasteiger partial charge is 0.0558 e. The van der Waals surface area contributed by atoms with Crippen molar-refractivity contribution in [3.8, 4) is 0 Å². The Morgan fingerprint density at radius 3 is 2.29 bits per heavy atom. The first kappa shape index (κ1) is 16.4. The van der Waals surface area contributed by atoms with E-state index < -0.39 is 0 Å². The molecule has 0 saturated carbocycles. The summed E-state index contributed by atoms with van der Waals surface area (Å²) < 4.78 is 0. The predicted molar refractivity (Wildman–Crippen MR) is 87.3 cm³/mol. The van der Waals surface area contributed by atoms with E-state index in [0.717, 1.165) is 39.1 Å². The van der Waals surface area contributed by atoms with Gasteiger partial charge in [0.05, 0.1) is 6.61 Å². The monoisotopic (exact) mass is 291 g/mol. The van der Waals surface area contributed by atoms with Crippen molar-refractivity contribution in [3.05, 3.63) is 35.4 Å². The highest BCUT2D eigenvalue weighted by Gasteiger charge is 2.28. The van der Waals surface area contributed by atoms with E-state index in [1.54, 1.807) is 0 Å². The SMILES string of the molecule is CCC(N)C(c1ccc(C)cc1)N1CCN(CCO)CC1. The molecule has 1 saturated heterocycles. The van der Waals surface area contributed by atoms with E-state index in [4.69, 9.17) is 10.8 Å². The molecule has 0 spiro atoms. The average Bonchev–Trinajstić information content (AvgIpc) is 2.51. The molecular weight excluding hydrogens is 262 g/mol. The van der Waals surface area contributed by atoms with Crippen LogP contribution in [0.4, 0.5) is 0 Å². The molecule has 21 heavy (non-hydrogen) atoms. The molecule has 0 amide bonds. The van der Waals surface area contributed by atoms with Gasteiger partial charge in [-0.05, 0) is 18.9 Å². The standard InChI is InChI=1S/C17H29N3O/c1-3-16(18)17(15-6-4-14(2)5-7-15)20-10-8-19(9-11-20)12-13-21/h4-7,16-17,21H,3,8-13,18H2,1-2H3. The summed E-state index contributed by atoms with van der Waals surface area (Å²) in [7, 11) is 0. The number of hydrogen-bond donors (Lipinski definition) is 2. The molecule has 0 aromatic heterocycles. The lowest BCUT2D eigenvalue weighted by Crippen LogP contribution is -2.51. The normalized spacial score (nSPS) is 20.4. The molecule has 0 aliphatic carbocycles. The number of aliphatic hydroxyl groups excluding tert-OH is 1. The highest BCUT2D eigenvalue weighted by Crippen LogP contribution is 2.26. The highest BCUT2D eigenvalue weighted by molar-refractivity contribution is 5.25. The van der Waals surface area contributed by atoms with E-state index in [2.05, 4.69) is 47.9 Å². The Kier molecular flexibility index (Phi) is 6.18. The van der Waals surface area contributed by atoms with Crippen molar-refractivity contribution in [3.63, 3.8) is 0 Å². The number of aliphatic hydroxyl groups is 1.